The molecule has 31 aromatic rings. The van der Waals surface area contributed by atoms with Crippen molar-refractivity contribution in [3.63, 3.8) is 0 Å². The summed E-state index contributed by atoms with van der Waals surface area (Å²) in [5.41, 5.74) is 16.5. The van der Waals surface area contributed by atoms with Crippen molar-refractivity contribution in [3.05, 3.63) is 431 Å². The van der Waals surface area contributed by atoms with Gasteiger partial charge in [-0.1, -0.05) is 376 Å². The van der Waals surface area contributed by atoms with E-state index in [1.165, 1.54) is 146 Å². The van der Waals surface area contributed by atoms with Gasteiger partial charge in [0.15, 0.2) is 17.5 Å². The smallest absolute Gasteiger partial charge is 0.179 e. The Morgan fingerprint density at radius 3 is 0.829 bits per heavy atom. The fraction of sp³-hybridized carbons (Fsp3) is 0. The summed E-state index contributed by atoms with van der Waals surface area (Å²) in [5, 5.41) is 33.1. The first kappa shape index (κ1) is 79.9. The third kappa shape index (κ3) is 12.6. The van der Waals surface area contributed by atoms with Crippen LogP contribution in [0.1, 0.15) is 0 Å². The lowest BCUT2D eigenvalue weighted by molar-refractivity contribution is 1.20. The number of nitrogens with zero attached hydrogens (tertiary/aromatic N) is 9. The maximum absolute atomic E-state index is 5.55. The lowest BCUT2D eigenvalue weighted by Gasteiger charge is -2.14. The van der Waals surface area contributed by atoms with E-state index < -0.39 is 0 Å². The molecule has 0 fully saturated rings. The summed E-state index contributed by atoms with van der Waals surface area (Å²) in [7, 11) is 0. The van der Waals surface area contributed by atoms with Crippen LogP contribution < -0.4 is 0 Å². The van der Waals surface area contributed by atoms with Crippen molar-refractivity contribution in [1.82, 2.24) is 44.9 Å². The van der Waals surface area contributed by atoms with Crippen LogP contribution in [0.2, 0.25) is 0 Å². The summed E-state index contributed by atoms with van der Waals surface area (Å²) in [4.78, 5) is 48.1. The van der Waals surface area contributed by atoms with Crippen LogP contribution in [0.15, 0.2) is 431 Å². The molecule has 0 saturated carbocycles. The summed E-state index contributed by atoms with van der Waals surface area (Å²) in [5.74, 6) is 1.91. The van der Waals surface area contributed by atoms with Gasteiger partial charge in [0.05, 0.1) is 50.2 Å². The molecule has 0 atom stereocenters. The van der Waals surface area contributed by atoms with Crippen LogP contribution in [0.25, 0.3) is 301 Å². The number of para-hydroxylation sites is 3. The van der Waals surface area contributed by atoms with Gasteiger partial charge >= 0.3 is 0 Å². The molecule has 0 amide bonds. The summed E-state index contributed by atoms with van der Waals surface area (Å²) >= 11 is 7.39. The van der Waals surface area contributed by atoms with Gasteiger partial charge in [0, 0.05) is 162 Å². The second-order valence-electron chi connectivity index (χ2n) is 35.8. The molecule has 0 saturated heterocycles. The molecule has 0 aliphatic carbocycles. The zero-order valence-electron chi connectivity index (χ0n) is 74.6. The highest BCUT2D eigenvalue weighted by molar-refractivity contribution is 7.28. The first-order valence-corrected chi connectivity index (χ1v) is 50.2. The van der Waals surface area contributed by atoms with E-state index in [4.69, 9.17) is 44.9 Å². The van der Waals surface area contributed by atoms with Gasteiger partial charge in [-0.15, -0.1) is 45.3 Å². The summed E-state index contributed by atoms with van der Waals surface area (Å²) in [6.07, 6.45) is 0. The second kappa shape index (κ2) is 32.1. The van der Waals surface area contributed by atoms with Crippen LogP contribution in [0, 0.1) is 0 Å². The Bertz CT molecular complexity index is 10700. The van der Waals surface area contributed by atoms with Crippen LogP contribution in [0.4, 0.5) is 0 Å². The largest absolute Gasteiger partial charge is 0.243 e. The third-order valence-corrected chi connectivity index (χ3v) is 32.7. The minimum absolute atomic E-state index is 0.627. The van der Waals surface area contributed by atoms with E-state index in [1.807, 2.05) is 69.6 Å². The summed E-state index contributed by atoms with van der Waals surface area (Å²) in [6, 6.07) is 152. The van der Waals surface area contributed by atoms with E-state index in [0.717, 1.165) is 138 Å². The Labute approximate surface area is 815 Å². The number of benzene rings is 21. The maximum atomic E-state index is 5.55. The van der Waals surface area contributed by atoms with Gasteiger partial charge < -0.3 is 0 Å². The molecule has 0 unspecified atom stereocenters. The molecule has 0 spiro atoms. The molecule has 21 aromatic carbocycles. The van der Waals surface area contributed by atoms with Crippen LogP contribution in [-0.2, 0) is 0 Å². The van der Waals surface area contributed by atoms with E-state index in [-0.39, 0.29) is 0 Å². The number of aromatic nitrogens is 9. The summed E-state index contributed by atoms with van der Waals surface area (Å²) < 4.78 is 10.2. The zero-order valence-corrected chi connectivity index (χ0v) is 77.9. The Morgan fingerprint density at radius 2 is 0.421 bits per heavy atom. The average molecular weight is 1850 g/mol. The van der Waals surface area contributed by atoms with Gasteiger partial charge in [0.1, 0.15) is 17.1 Å². The molecule has 0 N–H and O–H groups in total. The molecule has 0 bridgehead atoms. The number of pyridine rings is 3. The highest BCUT2D eigenvalue weighted by Crippen LogP contribution is 2.53. The molecule has 10 aromatic heterocycles. The predicted octanol–water partition coefficient (Wildman–Crippen LogP) is 35.7. The number of fused-ring (bicyclic) bond motifs is 37. The molecular weight excluding hydrogens is 1780 g/mol. The summed E-state index contributed by atoms with van der Waals surface area (Å²) in [6.45, 7) is 0. The van der Waals surface area contributed by atoms with E-state index in [9.17, 15) is 0 Å². The van der Waals surface area contributed by atoms with Crippen LogP contribution >= 0.6 is 45.3 Å². The lowest BCUT2D eigenvalue weighted by atomic mass is 9.96. The molecule has 648 valence electrons. The average Bonchev–Trinajstić information content (AvgIpc) is 1.47. The fourth-order valence-electron chi connectivity index (χ4n) is 21.7. The van der Waals surface area contributed by atoms with Crippen molar-refractivity contribution >= 4 is 267 Å². The molecule has 10 heterocycles. The van der Waals surface area contributed by atoms with Gasteiger partial charge in [-0.2, -0.15) is 0 Å². The minimum atomic E-state index is 0.627. The van der Waals surface area contributed by atoms with E-state index in [0.29, 0.717) is 17.5 Å². The lowest BCUT2D eigenvalue weighted by Crippen LogP contribution is -1.99. The quantitative estimate of drug-likeness (QED) is 0.144. The number of rotatable bonds is 7. The van der Waals surface area contributed by atoms with Gasteiger partial charge in [-0.05, 0) is 109 Å². The highest BCUT2D eigenvalue weighted by atomic mass is 32.1. The van der Waals surface area contributed by atoms with Crippen molar-refractivity contribution in [2.24, 2.45) is 0 Å². The highest BCUT2D eigenvalue weighted by Gasteiger charge is 2.28. The van der Waals surface area contributed by atoms with E-state index >= 15 is 0 Å². The van der Waals surface area contributed by atoms with Crippen molar-refractivity contribution in [2.45, 2.75) is 0 Å². The maximum Gasteiger partial charge on any atom is 0.179 e. The minimum Gasteiger partial charge on any atom is -0.243 e. The molecule has 0 aliphatic rings. The van der Waals surface area contributed by atoms with Crippen molar-refractivity contribution in [3.8, 4) is 79.5 Å². The molecule has 13 heteroatoms. The van der Waals surface area contributed by atoms with Crippen LogP contribution in [0.5, 0.6) is 0 Å². The fourth-order valence-corrected chi connectivity index (χ4v) is 26.7. The Morgan fingerprint density at radius 1 is 0.143 bits per heavy atom. The zero-order chi connectivity index (χ0) is 91.7. The van der Waals surface area contributed by atoms with E-state index in [2.05, 4.69) is 406 Å². The first-order chi connectivity index (χ1) is 69.4. The number of hydrogen-bond donors (Lipinski definition) is 0. The second-order valence-corrected chi connectivity index (χ2v) is 40.0. The van der Waals surface area contributed by atoms with E-state index in [1.54, 1.807) is 0 Å². The molecule has 140 heavy (non-hydrogen) atoms. The SMILES string of the molecule is c1ccc(-c2ccc3cc(-c4nc(-c5nc6c7ccccc7c7c8ccccc8sc7c6c6ccccc56)nc5ccccc45)ccc3c2)cc1.c1ccc(-c2nc(-c3nc4c5ccccc5c5c6ccccc6sc5c4c4ccccc34)nc3ccccc23)cc1.c1ccc2c(-c3cccc4c3sc3ccccc34)nc(-c3nc4c5ccccc5c5c6ccccc6sc5c4c4ccccc34)nc2c1. The number of thiophene rings is 4. The van der Waals surface area contributed by atoms with Gasteiger partial charge in [0.25, 0.3) is 0 Å². The normalized spacial score (nSPS) is 12.0. The van der Waals surface area contributed by atoms with Crippen LogP contribution in [0.3, 0.4) is 0 Å². The standard InChI is InChI=1S/C47H27N3S.C43H23N3S2.C37H21N3S/c1-2-12-28(13-3-1)29-22-23-31-27-32(25-24-30(31)26-29)43-37-18-8-10-20-39(37)48-47(50-43)45-36-17-7-5-15-34(36)42-44(49-45)35-16-6-4-14-33(35)41-38-19-9-11-21-40(38)51-46(41)42;1-3-15-27-25(13-1)36-31-18-7-10-23-35(31)48-42(36)37-26-14-2-4-16-28(26)40(45-39(27)37)43-44-33-21-8-5-17-30(33)38(46-43)32-20-11-19-29-24-12-6-9-22-34(24)47-41(29)32;1-2-12-22(13-3-1)33-27-18-8-10-20-29(27)38-37(40-33)35-26-17-7-5-15-24(26)32-34(39-35)25-16-6-4-14-23(25)31-28-19-9-11-21-30(28)41-36(31)32/h1-27H;1-23H;1-21H. The Kier molecular flexibility index (Phi) is 18.3. The molecular formula is C127H71N9S4. The molecule has 31 rings (SSSR count). The monoisotopic (exact) mass is 1850 g/mol. The Balaban J connectivity index is 0.000000101. The third-order valence-electron chi connectivity index (χ3n) is 27.9. The molecule has 0 radical (unpaired) electrons. The first-order valence-electron chi connectivity index (χ1n) is 47.0. The topological polar surface area (TPSA) is 116 Å². The predicted molar refractivity (Wildman–Crippen MR) is 597 cm³/mol. The Hall–Kier alpha value is -17.4. The van der Waals surface area contributed by atoms with Crippen molar-refractivity contribution in [2.75, 3.05) is 0 Å². The molecule has 9 nitrogen and oxygen atoms in total. The molecule has 0 aliphatic heterocycles. The van der Waals surface area contributed by atoms with Crippen molar-refractivity contribution in [1.29, 1.82) is 0 Å². The van der Waals surface area contributed by atoms with Gasteiger partial charge in [-0.3, -0.25) is 0 Å². The van der Waals surface area contributed by atoms with Crippen molar-refractivity contribution < 1.29 is 0 Å². The number of hydrogen-bond acceptors (Lipinski definition) is 13. The van der Waals surface area contributed by atoms with Crippen LogP contribution in [-0.4, -0.2) is 44.9 Å². The van der Waals surface area contributed by atoms with Gasteiger partial charge in [0.2, 0.25) is 0 Å². The van der Waals surface area contributed by atoms with Gasteiger partial charge in [-0.25, -0.2) is 44.9 Å².